The number of hydrogen-bond acceptors (Lipinski definition) is 7. The van der Waals surface area contributed by atoms with Crippen molar-refractivity contribution in [1.29, 1.82) is 0 Å². The van der Waals surface area contributed by atoms with Gasteiger partial charge in [0.2, 0.25) is 17.7 Å². The lowest BCUT2D eigenvalue weighted by Gasteiger charge is -2.35. The van der Waals surface area contributed by atoms with Gasteiger partial charge in [-0.05, 0) is 49.8 Å². The second kappa shape index (κ2) is 15.6. The summed E-state index contributed by atoms with van der Waals surface area (Å²) in [6, 6.07) is 6.06. The first-order valence-corrected chi connectivity index (χ1v) is 15.1. The Morgan fingerprint density at radius 2 is 1.78 bits per heavy atom. The number of β-amino-alcohol motifs (C(OH)–C–C–N with tert-alkyl or cyclic N) is 1. The van der Waals surface area contributed by atoms with Crippen molar-refractivity contribution >= 4 is 41.5 Å². The predicted octanol–water partition coefficient (Wildman–Crippen LogP) is 4.12. The van der Waals surface area contributed by atoms with E-state index >= 15 is 0 Å². The zero-order valence-corrected chi connectivity index (χ0v) is 26.4. The van der Waals surface area contributed by atoms with E-state index < -0.39 is 23.6 Å². The minimum atomic E-state index is -0.818. The quantitative estimate of drug-likeness (QED) is 0.268. The number of hydrogen-bond donors (Lipinski definition) is 4. The highest BCUT2D eigenvalue weighted by atomic mass is 35.5. The molecule has 4 atom stereocenters. The average Bonchev–Trinajstić information content (AvgIpc) is 3.51. The van der Waals surface area contributed by atoms with E-state index in [0.717, 1.165) is 47.4 Å². The molecule has 1 fully saturated rings. The van der Waals surface area contributed by atoms with Gasteiger partial charge in [-0.1, -0.05) is 57.9 Å². The van der Waals surface area contributed by atoms with Crippen molar-refractivity contribution in [3.8, 4) is 10.4 Å². The van der Waals surface area contributed by atoms with Crippen molar-refractivity contribution in [3.63, 3.8) is 0 Å². The summed E-state index contributed by atoms with van der Waals surface area (Å²) in [5.41, 5.74) is 9.77. The number of nitrogens with one attached hydrogen (secondary N) is 2. The van der Waals surface area contributed by atoms with Crippen LogP contribution in [0.25, 0.3) is 10.4 Å². The van der Waals surface area contributed by atoms with Gasteiger partial charge in [0.15, 0.2) is 0 Å². The Kier molecular flexibility index (Phi) is 13.2. The molecule has 3 rings (SSSR count). The third-order valence-electron chi connectivity index (χ3n) is 7.42. The molecule has 5 N–H and O–H groups in total. The summed E-state index contributed by atoms with van der Waals surface area (Å²) >= 11 is 1.59. The largest absolute Gasteiger partial charge is 0.391 e. The van der Waals surface area contributed by atoms with Crippen LogP contribution in [0.4, 0.5) is 0 Å². The van der Waals surface area contributed by atoms with Crippen LogP contribution in [0.1, 0.15) is 83.5 Å². The van der Waals surface area contributed by atoms with Crippen molar-refractivity contribution in [2.75, 3.05) is 13.1 Å². The fourth-order valence-corrected chi connectivity index (χ4v) is 5.84. The number of carbonyl (C=O) groups excluding carboxylic acids is 3. The van der Waals surface area contributed by atoms with E-state index in [0.29, 0.717) is 13.0 Å². The predicted molar refractivity (Wildman–Crippen MR) is 166 cm³/mol. The number of thiazole rings is 1. The first kappa shape index (κ1) is 34.7. The average molecular weight is 608 g/mol. The fourth-order valence-electron chi connectivity index (χ4n) is 5.03. The Labute approximate surface area is 254 Å². The van der Waals surface area contributed by atoms with Crippen LogP contribution in [0, 0.1) is 12.3 Å². The molecule has 2 aromatic rings. The molecule has 1 aromatic heterocycles. The second-order valence-corrected chi connectivity index (χ2v) is 12.7. The van der Waals surface area contributed by atoms with Gasteiger partial charge in [-0.3, -0.25) is 14.4 Å². The van der Waals surface area contributed by atoms with Gasteiger partial charge in [0, 0.05) is 19.4 Å². The fraction of sp³-hybridized carbons (Fsp3) is 0.600. The molecule has 0 spiro atoms. The number of halogens is 1. The van der Waals surface area contributed by atoms with E-state index in [1.807, 2.05) is 64.4 Å². The summed E-state index contributed by atoms with van der Waals surface area (Å²) < 4.78 is 0. The number of amides is 3. The number of nitrogens with two attached hydrogens (primary N) is 1. The molecule has 2 heterocycles. The first-order valence-electron chi connectivity index (χ1n) is 14.2. The highest BCUT2D eigenvalue weighted by Gasteiger charge is 2.44. The minimum absolute atomic E-state index is 0. The Morgan fingerprint density at radius 3 is 2.37 bits per heavy atom. The summed E-state index contributed by atoms with van der Waals surface area (Å²) in [6.07, 6.45) is 3.22. The lowest BCUT2D eigenvalue weighted by atomic mass is 9.85. The van der Waals surface area contributed by atoms with E-state index in [9.17, 15) is 19.5 Å². The number of aliphatic hydroxyl groups excluding tert-OH is 1. The maximum atomic E-state index is 13.7. The van der Waals surface area contributed by atoms with Crippen molar-refractivity contribution < 1.29 is 19.5 Å². The van der Waals surface area contributed by atoms with Gasteiger partial charge >= 0.3 is 0 Å². The third kappa shape index (κ3) is 9.49. The van der Waals surface area contributed by atoms with Crippen LogP contribution in [0.3, 0.4) is 0 Å². The molecule has 1 aliphatic rings. The standard InChI is InChI=1S/C30H45N5O4S.ClH/c1-19(21-11-13-22(14-12-21)26-20(2)32-18-40-26)33-28(38)24-16-23(36)17-35(24)29(39)27(30(3,4)5)34-25(37)10-8-6-7-9-15-31;/h11-14,18-19,23-24,27,36H,6-10,15-17,31H2,1-5H3,(H,33,38)(H,34,37);1H/t19-,23+,24-,27+;/m0./s1. The van der Waals surface area contributed by atoms with Crippen LogP contribution in [-0.2, 0) is 14.4 Å². The molecule has 1 aromatic carbocycles. The summed E-state index contributed by atoms with van der Waals surface area (Å²) in [6.45, 7) is 10.2. The highest BCUT2D eigenvalue weighted by molar-refractivity contribution is 7.13. The van der Waals surface area contributed by atoms with Gasteiger partial charge in [-0.15, -0.1) is 23.7 Å². The van der Waals surface area contributed by atoms with E-state index in [2.05, 4.69) is 15.6 Å². The second-order valence-electron chi connectivity index (χ2n) is 11.8. The van der Waals surface area contributed by atoms with E-state index in [4.69, 9.17) is 5.73 Å². The Balaban J connectivity index is 0.00000588. The molecule has 0 unspecified atom stereocenters. The topological polar surface area (TPSA) is 138 Å². The molecule has 228 valence electrons. The number of aryl methyl sites for hydroxylation is 1. The van der Waals surface area contributed by atoms with Crippen molar-refractivity contribution in [1.82, 2.24) is 20.5 Å². The summed E-state index contributed by atoms with van der Waals surface area (Å²) in [7, 11) is 0. The molecule has 11 heteroatoms. The normalized spacial score (nSPS) is 18.4. The number of rotatable bonds is 12. The molecule has 0 saturated carbocycles. The summed E-state index contributed by atoms with van der Waals surface area (Å²) in [4.78, 5) is 46.7. The molecule has 0 radical (unpaired) electrons. The number of unbranched alkanes of at least 4 members (excludes halogenated alkanes) is 3. The zero-order valence-electron chi connectivity index (χ0n) is 24.8. The number of likely N-dealkylation sites (tertiary alicyclic amines) is 1. The lowest BCUT2D eigenvalue weighted by Crippen LogP contribution is -2.57. The van der Waals surface area contributed by atoms with Gasteiger partial charge in [0.25, 0.3) is 0 Å². The van der Waals surface area contributed by atoms with Gasteiger partial charge in [-0.2, -0.15) is 0 Å². The number of aromatic nitrogens is 1. The highest BCUT2D eigenvalue weighted by Crippen LogP contribution is 2.29. The molecule has 1 saturated heterocycles. The number of nitrogens with zero attached hydrogens (tertiary/aromatic N) is 2. The van der Waals surface area contributed by atoms with E-state index in [1.165, 1.54) is 4.90 Å². The molecule has 0 aliphatic carbocycles. The first-order chi connectivity index (χ1) is 18.9. The number of benzene rings is 1. The molecule has 0 bridgehead atoms. The van der Waals surface area contributed by atoms with E-state index in [-0.39, 0.29) is 49.1 Å². The maximum Gasteiger partial charge on any atom is 0.246 e. The van der Waals surface area contributed by atoms with Crippen LogP contribution in [0.2, 0.25) is 0 Å². The Morgan fingerprint density at radius 1 is 1.12 bits per heavy atom. The van der Waals surface area contributed by atoms with Crippen LogP contribution >= 0.6 is 23.7 Å². The minimum Gasteiger partial charge on any atom is -0.391 e. The monoisotopic (exact) mass is 607 g/mol. The SMILES string of the molecule is Cc1ncsc1-c1ccc([C@H](C)NC(=O)[C@@H]2C[C@@H](O)CN2C(=O)[C@@H](NC(=O)CCCCCCN)C(C)(C)C)cc1.Cl. The van der Waals surface area contributed by atoms with Crippen LogP contribution in [0.5, 0.6) is 0 Å². The van der Waals surface area contributed by atoms with Gasteiger partial charge < -0.3 is 26.4 Å². The van der Waals surface area contributed by atoms with Gasteiger partial charge in [0.1, 0.15) is 12.1 Å². The van der Waals surface area contributed by atoms with Crippen LogP contribution in [-0.4, -0.2) is 64.0 Å². The molecule has 1 aliphatic heterocycles. The molecule has 3 amide bonds. The van der Waals surface area contributed by atoms with Gasteiger partial charge in [0.05, 0.1) is 28.2 Å². The van der Waals surface area contributed by atoms with E-state index in [1.54, 1.807) is 11.3 Å². The van der Waals surface area contributed by atoms with Crippen molar-refractivity contribution in [2.45, 2.75) is 97.4 Å². The van der Waals surface area contributed by atoms with Crippen LogP contribution < -0.4 is 16.4 Å². The van der Waals surface area contributed by atoms with Crippen LogP contribution in [0.15, 0.2) is 29.8 Å². The third-order valence-corrected chi connectivity index (χ3v) is 8.40. The van der Waals surface area contributed by atoms with Gasteiger partial charge in [-0.25, -0.2) is 4.98 Å². The lowest BCUT2D eigenvalue weighted by molar-refractivity contribution is -0.144. The maximum absolute atomic E-state index is 13.7. The Bertz CT molecular complexity index is 1150. The molecule has 9 nitrogen and oxygen atoms in total. The van der Waals surface area contributed by atoms with Crippen molar-refractivity contribution in [2.24, 2.45) is 11.1 Å². The van der Waals surface area contributed by atoms with Crippen molar-refractivity contribution in [3.05, 3.63) is 41.0 Å². The molecule has 41 heavy (non-hydrogen) atoms. The number of aliphatic hydroxyl groups is 1. The molecular weight excluding hydrogens is 562 g/mol. The summed E-state index contributed by atoms with van der Waals surface area (Å²) in [5.74, 6) is -0.858. The molecular formula is C30H46ClN5O4S. The number of carbonyl (C=O) groups is 3. The Hall–Kier alpha value is -2.53. The smallest absolute Gasteiger partial charge is 0.246 e. The zero-order chi connectivity index (χ0) is 29.4. The summed E-state index contributed by atoms with van der Waals surface area (Å²) in [5, 5.41) is 16.4.